The highest BCUT2D eigenvalue weighted by Gasteiger charge is 2.34. The molecular formula is C24H27ClN4OS. The number of nitrogens with zero attached hydrogens (tertiary/aromatic N) is 4. The average Bonchev–Trinajstić information content (AvgIpc) is 3.55. The molecular weight excluding hydrogens is 428 g/mol. The van der Waals surface area contributed by atoms with E-state index in [1.54, 1.807) is 0 Å². The SMILES string of the molecule is CCn1c(SCC(=O)N(Cc2ccccc2)C(C)C2CC2)nnc1-c1cccc(Cl)c1. The predicted octanol–water partition coefficient (Wildman–Crippen LogP) is 5.54. The normalized spacial score (nSPS) is 14.4. The molecule has 1 unspecified atom stereocenters. The van der Waals surface area contributed by atoms with Gasteiger partial charge in [-0.3, -0.25) is 4.79 Å². The van der Waals surface area contributed by atoms with Gasteiger partial charge in [0.25, 0.3) is 0 Å². The van der Waals surface area contributed by atoms with E-state index in [0.29, 0.717) is 23.2 Å². The van der Waals surface area contributed by atoms with Crippen molar-refractivity contribution in [3.8, 4) is 11.4 Å². The van der Waals surface area contributed by atoms with Crippen molar-refractivity contribution in [3.05, 3.63) is 65.2 Å². The number of carbonyl (C=O) groups is 1. The molecule has 1 atom stereocenters. The van der Waals surface area contributed by atoms with E-state index in [1.807, 2.05) is 51.9 Å². The number of amides is 1. The monoisotopic (exact) mass is 454 g/mol. The lowest BCUT2D eigenvalue weighted by Crippen LogP contribution is -2.40. The summed E-state index contributed by atoms with van der Waals surface area (Å²) in [6, 6.07) is 18.1. The second kappa shape index (κ2) is 9.88. The standard InChI is InChI=1S/C24H27ClN4OS/c1-3-28-23(20-10-7-11-21(25)14-20)26-27-24(28)31-16-22(30)29(17(2)19-12-13-19)15-18-8-5-4-6-9-18/h4-11,14,17,19H,3,12-13,15-16H2,1-2H3. The van der Waals surface area contributed by atoms with Crippen LogP contribution in [0.15, 0.2) is 59.8 Å². The summed E-state index contributed by atoms with van der Waals surface area (Å²) in [7, 11) is 0. The zero-order valence-corrected chi connectivity index (χ0v) is 19.4. The van der Waals surface area contributed by atoms with Crippen LogP contribution in [0.2, 0.25) is 5.02 Å². The highest BCUT2D eigenvalue weighted by Crippen LogP contribution is 2.36. The van der Waals surface area contributed by atoms with Crippen molar-refractivity contribution in [1.29, 1.82) is 0 Å². The van der Waals surface area contributed by atoms with Gasteiger partial charge in [-0.2, -0.15) is 0 Å². The van der Waals surface area contributed by atoms with Gasteiger partial charge in [-0.15, -0.1) is 10.2 Å². The van der Waals surface area contributed by atoms with Gasteiger partial charge in [-0.25, -0.2) is 0 Å². The second-order valence-electron chi connectivity index (χ2n) is 7.93. The van der Waals surface area contributed by atoms with Crippen LogP contribution in [0.4, 0.5) is 0 Å². The van der Waals surface area contributed by atoms with Crippen molar-refractivity contribution < 1.29 is 4.79 Å². The van der Waals surface area contributed by atoms with Crippen LogP contribution < -0.4 is 0 Å². The molecule has 162 valence electrons. The third-order valence-electron chi connectivity index (χ3n) is 5.75. The molecule has 0 N–H and O–H groups in total. The largest absolute Gasteiger partial charge is 0.335 e. The fraction of sp³-hybridized carbons (Fsp3) is 0.375. The molecule has 1 fully saturated rings. The van der Waals surface area contributed by atoms with Gasteiger partial charge in [0.05, 0.1) is 5.75 Å². The third kappa shape index (κ3) is 5.31. The summed E-state index contributed by atoms with van der Waals surface area (Å²) in [5.41, 5.74) is 2.08. The summed E-state index contributed by atoms with van der Waals surface area (Å²) in [5.74, 6) is 1.87. The zero-order chi connectivity index (χ0) is 21.8. The van der Waals surface area contributed by atoms with E-state index < -0.39 is 0 Å². The highest BCUT2D eigenvalue weighted by molar-refractivity contribution is 7.99. The summed E-state index contributed by atoms with van der Waals surface area (Å²) in [5, 5.41) is 10.2. The first-order chi connectivity index (χ1) is 15.1. The number of aromatic nitrogens is 3. The first kappa shape index (κ1) is 21.9. The Morgan fingerprint density at radius 3 is 2.65 bits per heavy atom. The van der Waals surface area contributed by atoms with Gasteiger partial charge >= 0.3 is 0 Å². The predicted molar refractivity (Wildman–Crippen MR) is 126 cm³/mol. The number of benzene rings is 2. The maximum atomic E-state index is 13.2. The van der Waals surface area contributed by atoms with Crippen LogP contribution in [0.1, 0.15) is 32.3 Å². The van der Waals surface area contributed by atoms with E-state index in [0.717, 1.165) is 28.7 Å². The molecule has 1 saturated carbocycles. The molecule has 0 aliphatic heterocycles. The van der Waals surface area contributed by atoms with Crippen molar-refractivity contribution in [1.82, 2.24) is 19.7 Å². The number of thioether (sulfide) groups is 1. The van der Waals surface area contributed by atoms with Crippen molar-refractivity contribution in [2.24, 2.45) is 5.92 Å². The van der Waals surface area contributed by atoms with Crippen LogP contribution in [0, 0.1) is 5.92 Å². The molecule has 1 aromatic heterocycles. The first-order valence-corrected chi connectivity index (χ1v) is 12.1. The van der Waals surface area contributed by atoms with Crippen molar-refractivity contribution in [2.45, 2.75) is 51.0 Å². The van der Waals surface area contributed by atoms with Crippen LogP contribution >= 0.6 is 23.4 Å². The molecule has 5 nitrogen and oxygen atoms in total. The summed E-state index contributed by atoms with van der Waals surface area (Å²) < 4.78 is 2.04. The zero-order valence-electron chi connectivity index (χ0n) is 17.9. The Hall–Kier alpha value is -2.31. The molecule has 1 amide bonds. The van der Waals surface area contributed by atoms with Gasteiger partial charge in [-0.1, -0.05) is 65.8 Å². The van der Waals surface area contributed by atoms with Gasteiger partial charge in [0, 0.05) is 29.7 Å². The molecule has 0 saturated heterocycles. The van der Waals surface area contributed by atoms with E-state index >= 15 is 0 Å². The van der Waals surface area contributed by atoms with E-state index in [1.165, 1.54) is 24.6 Å². The molecule has 2 aromatic carbocycles. The second-order valence-corrected chi connectivity index (χ2v) is 9.31. The van der Waals surface area contributed by atoms with Crippen LogP contribution in [0.3, 0.4) is 0 Å². The molecule has 3 aromatic rings. The fourth-order valence-electron chi connectivity index (χ4n) is 3.80. The fourth-order valence-corrected chi connectivity index (χ4v) is 4.88. The van der Waals surface area contributed by atoms with Crippen molar-refractivity contribution in [2.75, 3.05) is 5.75 Å². The Morgan fingerprint density at radius 1 is 1.19 bits per heavy atom. The Bertz CT molecular complexity index is 1040. The van der Waals surface area contributed by atoms with Crippen LogP contribution in [0.25, 0.3) is 11.4 Å². The number of rotatable bonds is 9. The Kier molecular flexibility index (Phi) is 6.98. The molecule has 31 heavy (non-hydrogen) atoms. The summed E-state index contributed by atoms with van der Waals surface area (Å²) in [6.45, 7) is 5.60. The van der Waals surface area contributed by atoms with Crippen LogP contribution in [-0.4, -0.2) is 37.4 Å². The molecule has 4 rings (SSSR count). The van der Waals surface area contributed by atoms with Crippen molar-refractivity contribution in [3.63, 3.8) is 0 Å². The smallest absolute Gasteiger partial charge is 0.233 e. The first-order valence-electron chi connectivity index (χ1n) is 10.7. The average molecular weight is 455 g/mol. The summed E-state index contributed by atoms with van der Waals surface area (Å²) in [6.07, 6.45) is 2.42. The number of halogens is 1. The molecule has 7 heteroatoms. The maximum Gasteiger partial charge on any atom is 0.233 e. The summed E-state index contributed by atoms with van der Waals surface area (Å²) >= 11 is 7.60. The van der Waals surface area contributed by atoms with Crippen LogP contribution in [-0.2, 0) is 17.9 Å². The molecule has 0 bridgehead atoms. The van der Waals surface area contributed by atoms with E-state index in [4.69, 9.17) is 11.6 Å². The lowest BCUT2D eigenvalue weighted by molar-refractivity contribution is -0.131. The Balaban J connectivity index is 1.48. The molecule has 1 heterocycles. The minimum absolute atomic E-state index is 0.142. The number of hydrogen-bond donors (Lipinski definition) is 0. The molecule has 1 aliphatic carbocycles. The van der Waals surface area contributed by atoms with Gasteiger partial charge in [0.1, 0.15) is 0 Å². The number of carbonyl (C=O) groups excluding carboxylic acids is 1. The third-order valence-corrected chi connectivity index (χ3v) is 6.94. The van der Waals surface area contributed by atoms with E-state index in [-0.39, 0.29) is 11.9 Å². The Morgan fingerprint density at radius 2 is 1.97 bits per heavy atom. The minimum Gasteiger partial charge on any atom is -0.335 e. The van der Waals surface area contributed by atoms with Crippen LogP contribution in [0.5, 0.6) is 0 Å². The summed E-state index contributed by atoms with van der Waals surface area (Å²) in [4.78, 5) is 15.3. The lowest BCUT2D eigenvalue weighted by atomic mass is 10.1. The van der Waals surface area contributed by atoms with Crippen molar-refractivity contribution >= 4 is 29.3 Å². The Labute approximate surface area is 192 Å². The van der Waals surface area contributed by atoms with Gasteiger partial charge in [-0.05, 0) is 50.3 Å². The maximum absolute atomic E-state index is 13.2. The minimum atomic E-state index is 0.142. The van der Waals surface area contributed by atoms with E-state index in [2.05, 4.69) is 36.2 Å². The van der Waals surface area contributed by atoms with E-state index in [9.17, 15) is 4.79 Å². The molecule has 1 aliphatic rings. The number of hydrogen-bond acceptors (Lipinski definition) is 4. The van der Waals surface area contributed by atoms with Gasteiger partial charge in [0.2, 0.25) is 5.91 Å². The topological polar surface area (TPSA) is 51.0 Å². The quantitative estimate of drug-likeness (QED) is 0.398. The van der Waals surface area contributed by atoms with Gasteiger partial charge in [0.15, 0.2) is 11.0 Å². The molecule has 0 radical (unpaired) electrons. The lowest BCUT2D eigenvalue weighted by Gasteiger charge is -2.29. The molecule has 0 spiro atoms. The van der Waals surface area contributed by atoms with Gasteiger partial charge < -0.3 is 9.47 Å². The highest BCUT2D eigenvalue weighted by atomic mass is 35.5.